The molecule has 0 amide bonds. The van der Waals surface area contributed by atoms with Crippen molar-refractivity contribution in [2.45, 2.75) is 87.8 Å². The van der Waals surface area contributed by atoms with E-state index >= 15 is 0 Å². The Hall–Kier alpha value is -1.51. The molecule has 4 aliphatic rings. The van der Waals surface area contributed by atoms with Gasteiger partial charge >= 0.3 is 0 Å². The van der Waals surface area contributed by atoms with E-state index in [1.54, 1.807) is 6.92 Å². The summed E-state index contributed by atoms with van der Waals surface area (Å²) in [6, 6.07) is 10.1. The van der Waals surface area contributed by atoms with Gasteiger partial charge in [-0.2, -0.15) is 0 Å². The summed E-state index contributed by atoms with van der Waals surface area (Å²) in [5, 5.41) is 94.9. The molecule has 13 nitrogen and oxygen atoms in total. The van der Waals surface area contributed by atoms with E-state index in [2.05, 4.69) is 21.3 Å². The average Bonchev–Trinajstić information content (AvgIpc) is 3.04. The highest BCUT2D eigenvalue weighted by atomic mass is 19.3. The van der Waals surface area contributed by atoms with Crippen LogP contribution in [0.4, 0.5) is 13.2 Å². The highest BCUT2D eigenvalue weighted by molar-refractivity contribution is 5.16. The van der Waals surface area contributed by atoms with Crippen molar-refractivity contribution in [2.24, 2.45) is 23.7 Å². The molecule has 4 fully saturated rings. The largest absolute Gasteiger partial charge is 0.393 e. The van der Waals surface area contributed by atoms with Crippen molar-refractivity contribution >= 4 is 0 Å². The summed E-state index contributed by atoms with van der Waals surface area (Å²) < 4.78 is 36.8. The standard InChI is InChI=1S/C12H17NO2.C7H14FNO2.C7H15NO3.C6H11F2NO2/c14-11-8-13-7-10(12(11)15)6-9-4-2-1-3-5-9;1-4(8)5-2-9-3-6(10)7(5)11;1-4(9)5-2-8-3-6(10)7(5)11;7-6(8)3-1-9-2-4(10)5(3)11/h1-5,10-15H,6-8H2;4-7,9-11H,2-3H2,1H3;4-11H,2-3H2,1H3;3-6,9-11H,1-2H2/t10-,11+,12+;2*4?,5-,6-,7-;3-,4+,5+/m0110/s1. The molecule has 4 saturated heterocycles. The van der Waals surface area contributed by atoms with Crippen molar-refractivity contribution in [3.05, 3.63) is 35.9 Å². The molecular weight excluding hydrogens is 641 g/mol. The zero-order chi connectivity index (χ0) is 36.0. The molecule has 280 valence electrons. The first kappa shape index (κ1) is 42.7. The fourth-order valence-corrected chi connectivity index (χ4v) is 5.98. The minimum Gasteiger partial charge on any atom is -0.393 e. The topological polar surface area (TPSA) is 230 Å². The molecule has 14 atom stereocenters. The Morgan fingerprint density at radius 1 is 0.562 bits per heavy atom. The Bertz CT molecular complexity index is 922. The van der Waals surface area contributed by atoms with E-state index in [4.69, 9.17) is 20.4 Å². The van der Waals surface area contributed by atoms with Gasteiger partial charge < -0.3 is 67.2 Å². The predicted molar refractivity (Wildman–Crippen MR) is 172 cm³/mol. The lowest BCUT2D eigenvalue weighted by Crippen LogP contribution is -2.53. The number of nitrogens with one attached hydrogen (secondary N) is 4. The van der Waals surface area contributed by atoms with Gasteiger partial charge in [-0.1, -0.05) is 30.3 Å². The van der Waals surface area contributed by atoms with E-state index in [0.29, 0.717) is 32.7 Å². The number of piperidine rings is 4. The van der Waals surface area contributed by atoms with Gasteiger partial charge in [-0.05, 0) is 25.8 Å². The third kappa shape index (κ3) is 13.7. The van der Waals surface area contributed by atoms with Gasteiger partial charge in [0.2, 0.25) is 6.43 Å². The summed E-state index contributed by atoms with van der Waals surface area (Å²) in [5.74, 6) is -1.76. The Morgan fingerprint density at radius 2 is 0.958 bits per heavy atom. The normalized spacial score (nSPS) is 38.1. The SMILES string of the molecule is CC(F)[C@H]1CNC[C@@H](O)[C@@H]1O.CC(O)[C@H]1CNC[C@@H](O)[C@@H]1O.O[C@@H]1[C@@H](Cc2ccccc2)CNC[C@H]1O.O[C@H]1[C@H](O)CNC[C@@H]1C(F)F. The summed E-state index contributed by atoms with van der Waals surface area (Å²) in [5.41, 5.74) is 1.21. The van der Waals surface area contributed by atoms with Crippen LogP contribution in [0.1, 0.15) is 19.4 Å². The molecule has 0 aromatic heterocycles. The minimum absolute atomic E-state index is 0.0654. The molecule has 48 heavy (non-hydrogen) atoms. The van der Waals surface area contributed by atoms with Crippen molar-refractivity contribution in [3.8, 4) is 0 Å². The first-order chi connectivity index (χ1) is 22.6. The van der Waals surface area contributed by atoms with Gasteiger partial charge in [0.25, 0.3) is 0 Å². The van der Waals surface area contributed by atoms with Crippen molar-refractivity contribution in [1.29, 1.82) is 0 Å². The molecule has 1 aromatic rings. The second kappa shape index (κ2) is 21.6. The number of alkyl halides is 3. The molecule has 0 radical (unpaired) electrons. The number of β-amino-alcohol motifs (C(OH)–C–C–N with tert-alkyl or cyclic N) is 4. The second-order valence-electron chi connectivity index (χ2n) is 13.1. The fraction of sp³-hybridized carbons (Fsp3) is 0.812. The molecule has 1 aromatic carbocycles. The van der Waals surface area contributed by atoms with Gasteiger partial charge in [0.05, 0.1) is 60.9 Å². The van der Waals surface area contributed by atoms with E-state index in [1.807, 2.05) is 30.3 Å². The van der Waals surface area contributed by atoms with Crippen LogP contribution in [-0.2, 0) is 6.42 Å². The molecule has 4 aliphatic heterocycles. The summed E-state index contributed by atoms with van der Waals surface area (Å²) in [6.07, 6.45) is -10.3. The fourth-order valence-electron chi connectivity index (χ4n) is 5.98. The van der Waals surface area contributed by atoms with Gasteiger partial charge in [-0.3, -0.25) is 0 Å². The molecule has 0 bridgehead atoms. The Labute approximate surface area is 280 Å². The first-order valence-electron chi connectivity index (χ1n) is 16.6. The summed E-state index contributed by atoms with van der Waals surface area (Å²) >= 11 is 0. The van der Waals surface area contributed by atoms with E-state index < -0.39 is 79.4 Å². The monoisotopic (exact) mass is 698 g/mol. The van der Waals surface area contributed by atoms with Gasteiger partial charge in [-0.25, -0.2) is 13.2 Å². The van der Waals surface area contributed by atoms with Crippen molar-refractivity contribution in [1.82, 2.24) is 21.3 Å². The summed E-state index contributed by atoms with van der Waals surface area (Å²) in [7, 11) is 0. The number of aliphatic hydroxyl groups is 9. The Balaban J connectivity index is 0.000000225. The zero-order valence-electron chi connectivity index (χ0n) is 27.6. The quantitative estimate of drug-likeness (QED) is 0.147. The van der Waals surface area contributed by atoms with Crippen molar-refractivity contribution in [3.63, 3.8) is 0 Å². The predicted octanol–water partition coefficient (Wildman–Crippen LogP) is -3.04. The van der Waals surface area contributed by atoms with E-state index in [9.17, 15) is 38.7 Å². The van der Waals surface area contributed by atoms with Gasteiger partial charge in [0.15, 0.2) is 0 Å². The maximum absolute atomic E-state index is 12.7. The number of rotatable bonds is 5. The van der Waals surface area contributed by atoms with Gasteiger partial charge in [0, 0.05) is 70.1 Å². The minimum atomic E-state index is -2.58. The molecule has 5 rings (SSSR count). The molecule has 16 heteroatoms. The molecule has 0 spiro atoms. The zero-order valence-corrected chi connectivity index (χ0v) is 27.6. The van der Waals surface area contributed by atoms with E-state index in [0.717, 1.165) is 13.0 Å². The smallest absolute Gasteiger partial charge is 0.245 e. The van der Waals surface area contributed by atoms with Crippen LogP contribution < -0.4 is 21.3 Å². The van der Waals surface area contributed by atoms with Crippen LogP contribution in [0.2, 0.25) is 0 Å². The number of hydrogen-bond donors (Lipinski definition) is 13. The summed E-state index contributed by atoms with van der Waals surface area (Å²) in [6.45, 7) is 6.29. The lowest BCUT2D eigenvalue weighted by atomic mass is 9.88. The highest BCUT2D eigenvalue weighted by Gasteiger charge is 2.37. The van der Waals surface area contributed by atoms with Crippen LogP contribution in [0.5, 0.6) is 0 Å². The first-order valence-corrected chi connectivity index (χ1v) is 16.6. The molecule has 4 heterocycles. The lowest BCUT2D eigenvalue weighted by Gasteiger charge is -2.34. The van der Waals surface area contributed by atoms with Crippen LogP contribution in [0.25, 0.3) is 0 Å². The molecule has 13 N–H and O–H groups in total. The van der Waals surface area contributed by atoms with E-state index in [1.165, 1.54) is 12.5 Å². The van der Waals surface area contributed by atoms with Crippen LogP contribution in [0, 0.1) is 23.7 Å². The van der Waals surface area contributed by atoms with Gasteiger partial charge in [0.1, 0.15) is 6.17 Å². The second-order valence-corrected chi connectivity index (χ2v) is 13.1. The average molecular weight is 699 g/mol. The van der Waals surface area contributed by atoms with Crippen LogP contribution >= 0.6 is 0 Å². The maximum atomic E-state index is 12.7. The van der Waals surface area contributed by atoms with Crippen LogP contribution in [-0.4, -0.2) is 166 Å². The number of benzene rings is 1. The molecule has 0 aliphatic carbocycles. The third-order valence-electron chi connectivity index (χ3n) is 9.21. The lowest BCUT2D eigenvalue weighted by molar-refractivity contribution is -0.0841. The maximum Gasteiger partial charge on any atom is 0.245 e. The number of hydrogen-bond acceptors (Lipinski definition) is 13. The molecule has 2 unspecified atom stereocenters. The Morgan fingerprint density at radius 3 is 1.35 bits per heavy atom. The van der Waals surface area contributed by atoms with E-state index in [-0.39, 0.29) is 24.9 Å². The Kier molecular flexibility index (Phi) is 19.2. The highest BCUT2D eigenvalue weighted by Crippen LogP contribution is 2.20. The number of halogens is 3. The van der Waals surface area contributed by atoms with Gasteiger partial charge in [-0.15, -0.1) is 0 Å². The van der Waals surface area contributed by atoms with Crippen LogP contribution in [0.15, 0.2) is 30.3 Å². The number of aliphatic hydroxyl groups excluding tert-OH is 9. The van der Waals surface area contributed by atoms with Crippen molar-refractivity contribution < 1.29 is 59.1 Å². The molecule has 0 saturated carbocycles. The summed E-state index contributed by atoms with van der Waals surface area (Å²) in [4.78, 5) is 0. The van der Waals surface area contributed by atoms with Crippen LogP contribution in [0.3, 0.4) is 0 Å². The van der Waals surface area contributed by atoms with Crippen molar-refractivity contribution in [2.75, 3.05) is 52.4 Å². The third-order valence-corrected chi connectivity index (χ3v) is 9.21. The molecular formula is C32H57F3N4O9.